The zero-order valence-electron chi connectivity index (χ0n) is 15.3. The van der Waals surface area contributed by atoms with E-state index >= 15 is 0 Å². The van der Waals surface area contributed by atoms with Gasteiger partial charge in [0.2, 0.25) is 0 Å². The molecule has 0 aliphatic rings. The van der Waals surface area contributed by atoms with E-state index in [9.17, 15) is 27.6 Å². The number of hydrogen-bond acceptors (Lipinski definition) is 5. The molecule has 150 valence electrons. The minimum Gasteiger partial charge on any atom is -0.295 e. The van der Waals surface area contributed by atoms with Crippen molar-refractivity contribution >= 4 is 17.5 Å². The van der Waals surface area contributed by atoms with E-state index in [-0.39, 0.29) is 28.3 Å². The topological polar surface area (TPSA) is 90.1 Å². The summed E-state index contributed by atoms with van der Waals surface area (Å²) in [6.45, 7) is 2.71. The lowest BCUT2D eigenvalue weighted by atomic mass is 10.1. The average Bonchev–Trinajstić information content (AvgIpc) is 3.04. The molecule has 8 nitrogen and oxygen atoms in total. The van der Waals surface area contributed by atoms with Crippen LogP contribution in [0.15, 0.2) is 41.2 Å². The average molecular weight is 405 g/mol. The minimum atomic E-state index is -1.24. The zero-order valence-corrected chi connectivity index (χ0v) is 15.3. The summed E-state index contributed by atoms with van der Waals surface area (Å²) in [6, 6.07) is 5.33. The number of para-hydroxylation sites is 1. The van der Waals surface area contributed by atoms with Gasteiger partial charge in [0, 0.05) is 12.1 Å². The van der Waals surface area contributed by atoms with Crippen molar-refractivity contribution in [3.8, 4) is 5.69 Å². The van der Waals surface area contributed by atoms with Crippen molar-refractivity contribution in [3.05, 3.63) is 69.9 Å². The number of carbonyl (C=O) groups excluding carboxylic acids is 2. The summed E-state index contributed by atoms with van der Waals surface area (Å²) in [5.41, 5.74) is -2.14. The second-order valence-corrected chi connectivity index (χ2v) is 5.90. The standard InChI is InChI=1S/C18H14F3N5O3/c1-3-24(15-8-7-11(10(2)27)9-14(15)21)17(28)26-18(29)25(22-23-26)16-12(19)5-4-6-13(16)20/h4-9H,3H2,1-2H3. The highest BCUT2D eigenvalue weighted by molar-refractivity contribution is 5.96. The molecule has 1 aromatic heterocycles. The van der Waals surface area contributed by atoms with Gasteiger partial charge in [-0.3, -0.25) is 9.69 Å². The lowest BCUT2D eigenvalue weighted by Gasteiger charge is -2.20. The molecule has 1 heterocycles. The fourth-order valence-electron chi connectivity index (χ4n) is 2.67. The third kappa shape index (κ3) is 3.53. The number of rotatable bonds is 4. The number of nitrogens with zero attached hydrogens (tertiary/aromatic N) is 5. The number of anilines is 1. The van der Waals surface area contributed by atoms with Gasteiger partial charge in [0.15, 0.2) is 17.4 Å². The van der Waals surface area contributed by atoms with Crippen LogP contribution in [0.4, 0.5) is 23.7 Å². The Morgan fingerprint density at radius 3 is 2.24 bits per heavy atom. The molecule has 0 aliphatic carbocycles. The summed E-state index contributed by atoms with van der Waals surface area (Å²) in [6.07, 6.45) is 0. The summed E-state index contributed by atoms with van der Waals surface area (Å²) in [5, 5.41) is 6.71. The van der Waals surface area contributed by atoms with Crippen LogP contribution < -0.4 is 10.6 Å². The van der Waals surface area contributed by atoms with Crippen molar-refractivity contribution in [2.24, 2.45) is 0 Å². The molecule has 0 fully saturated rings. The molecule has 29 heavy (non-hydrogen) atoms. The number of benzene rings is 2. The second-order valence-electron chi connectivity index (χ2n) is 5.90. The third-order valence-electron chi connectivity index (χ3n) is 4.10. The highest BCUT2D eigenvalue weighted by Crippen LogP contribution is 2.21. The van der Waals surface area contributed by atoms with Crippen molar-refractivity contribution in [1.29, 1.82) is 0 Å². The number of hydrogen-bond donors (Lipinski definition) is 0. The summed E-state index contributed by atoms with van der Waals surface area (Å²) in [4.78, 5) is 37.4. The van der Waals surface area contributed by atoms with Crippen LogP contribution in [-0.4, -0.2) is 38.1 Å². The van der Waals surface area contributed by atoms with Crippen LogP contribution in [0.3, 0.4) is 0 Å². The summed E-state index contributed by atoms with van der Waals surface area (Å²) < 4.78 is 42.8. The number of tetrazole rings is 1. The van der Waals surface area contributed by atoms with Gasteiger partial charge in [0.1, 0.15) is 11.5 Å². The maximum absolute atomic E-state index is 14.4. The molecule has 0 aliphatic heterocycles. The Morgan fingerprint density at radius 2 is 1.69 bits per heavy atom. The highest BCUT2D eigenvalue weighted by atomic mass is 19.1. The number of aromatic nitrogens is 4. The van der Waals surface area contributed by atoms with Gasteiger partial charge in [-0.2, -0.15) is 4.68 Å². The van der Waals surface area contributed by atoms with E-state index in [1.54, 1.807) is 0 Å². The molecule has 0 atom stereocenters. The maximum atomic E-state index is 14.4. The van der Waals surface area contributed by atoms with Crippen LogP contribution in [0.2, 0.25) is 0 Å². The van der Waals surface area contributed by atoms with Crippen LogP contribution in [0.25, 0.3) is 5.69 Å². The highest BCUT2D eigenvalue weighted by Gasteiger charge is 2.26. The van der Waals surface area contributed by atoms with E-state index in [4.69, 9.17) is 0 Å². The molecular weight excluding hydrogens is 391 g/mol. The molecule has 3 rings (SSSR count). The lowest BCUT2D eigenvalue weighted by Crippen LogP contribution is -2.41. The van der Waals surface area contributed by atoms with Crippen molar-refractivity contribution in [1.82, 2.24) is 19.8 Å². The number of halogens is 3. The van der Waals surface area contributed by atoms with Gasteiger partial charge in [-0.05, 0) is 54.6 Å². The molecule has 0 spiro atoms. The Morgan fingerprint density at radius 1 is 1.03 bits per heavy atom. The van der Waals surface area contributed by atoms with Crippen molar-refractivity contribution < 1.29 is 22.8 Å². The van der Waals surface area contributed by atoms with Gasteiger partial charge < -0.3 is 0 Å². The molecule has 0 N–H and O–H groups in total. The Hall–Kier alpha value is -3.76. The number of ketones is 1. The second kappa shape index (κ2) is 7.70. The quantitative estimate of drug-likeness (QED) is 0.492. The van der Waals surface area contributed by atoms with Crippen LogP contribution in [0.1, 0.15) is 24.2 Å². The van der Waals surface area contributed by atoms with E-state index in [0.717, 1.165) is 29.2 Å². The van der Waals surface area contributed by atoms with Crippen LogP contribution in [0.5, 0.6) is 0 Å². The fourth-order valence-corrected chi connectivity index (χ4v) is 2.67. The maximum Gasteiger partial charge on any atom is 0.377 e. The minimum absolute atomic E-state index is 0.0669. The molecule has 3 aromatic rings. The Labute approximate surface area is 161 Å². The predicted molar refractivity (Wildman–Crippen MR) is 95.8 cm³/mol. The number of Topliss-reactive ketones (excluding diaryl/α,β-unsaturated/α-hetero) is 1. The predicted octanol–water partition coefficient (Wildman–Crippen LogP) is 2.54. The largest absolute Gasteiger partial charge is 0.377 e. The SMILES string of the molecule is CCN(C(=O)n1nnn(-c2c(F)cccc2F)c1=O)c1ccc(C(C)=O)cc1F. The lowest BCUT2D eigenvalue weighted by molar-refractivity contribution is 0.101. The van der Waals surface area contributed by atoms with Gasteiger partial charge in [-0.25, -0.2) is 22.8 Å². The molecule has 11 heteroatoms. The monoisotopic (exact) mass is 405 g/mol. The molecule has 2 aromatic carbocycles. The van der Waals surface area contributed by atoms with Crippen LogP contribution >= 0.6 is 0 Å². The van der Waals surface area contributed by atoms with Crippen molar-refractivity contribution in [3.63, 3.8) is 0 Å². The van der Waals surface area contributed by atoms with E-state index in [0.29, 0.717) is 4.68 Å². The van der Waals surface area contributed by atoms with Gasteiger partial charge >= 0.3 is 11.7 Å². The van der Waals surface area contributed by atoms with Gasteiger partial charge in [0.25, 0.3) is 0 Å². The van der Waals surface area contributed by atoms with Gasteiger partial charge in [-0.1, -0.05) is 6.07 Å². The molecule has 0 unspecified atom stereocenters. The first-order valence-electron chi connectivity index (χ1n) is 8.38. The summed E-state index contributed by atoms with van der Waals surface area (Å²) >= 11 is 0. The van der Waals surface area contributed by atoms with Crippen LogP contribution in [-0.2, 0) is 0 Å². The molecule has 1 amide bonds. The molecular formula is C18H14F3N5O3. The fraction of sp³-hybridized carbons (Fsp3) is 0.167. The van der Waals surface area contributed by atoms with Crippen molar-refractivity contribution in [2.75, 3.05) is 11.4 Å². The molecule has 0 saturated carbocycles. The first kappa shape index (κ1) is 20.0. The normalized spacial score (nSPS) is 10.8. The Kier molecular flexibility index (Phi) is 5.31. The third-order valence-corrected chi connectivity index (χ3v) is 4.10. The van der Waals surface area contributed by atoms with Gasteiger partial charge in [-0.15, -0.1) is 4.68 Å². The van der Waals surface area contributed by atoms with E-state index in [2.05, 4.69) is 10.4 Å². The molecule has 0 bridgehead atoms. The van der Waals surface area contributed by atoms with E-state index in [1.165, 1.54) is 26.0 Å². The van der Waals surface area contributed by atoms with E-state index < -0.39 is 34.9 Å². The first-order chi connectivity index (χ1) is 13.8. The zero-order chi connectivity index (χ0) is 21.3. The van der Waals surface area contributed by atoms with Crippen molar-refractivity contribution in [2.45, 2.75) is 13.8 Å². The Balaban J connectivity index is 2.03. The summed E-state index contributed by atoms with van der Waals surface area (Å²) in [7, 11) is 0. The first-order valence-corrected chi connectivity index (χ1v) is 8.38. The van der Waals surface area contributed by atoms with Gasteiger partial charge in [0.05, 0.1) is 5.69 Å². The number of carbonyl (C=O) groups is 2. The summed E-state index contributed by atoms with van der Waals surface area (Å²) in [5.74, 6) is -3.39. The molecule has 0 radical (unpaired) electrons. The smallest absolute Gasteiger partial charge is 0.295 e. The Bertz CT molecular complexity index is 1150. The number of amides is 1. The molecule has 0 saturated heterocycles. The van der Waals surface area contributed by atoms with Crippen LogP contribution in [0, 0.1) is 17.5 Å². The van der Waals surface area contributed by atoms with E-state index in [1.807, 2.05) is 0 Å².